The summed E-state index contributed by atoms with van der Waals surface area (Å²) in [5, 5.41) is 0. The first-order chi connectivity index (χ1) is 8.89. The van der Waals surface area contributed by atoms with Gasteiger partial charge in [0, 0.05) is 0 Å². The first-order valence-electron chi connectivity index (χ1n) is 6.02. The van der Waals surface area contributed by atoms with Crippen LogP contribution in [0.1, 0.15) is 37.6 Å². The van der Waals surface area contributed by atoms with Crippen molar-refractivity contribution in [3.8, 4) is 11.5 Å². The third-order valence-electron chi connectivity index (χ3n) is 2.40. The van der Waals surface area contributed by atoms with Gasteiger partial charge in [-0.1, -0.05) is 6.07 Å². The molecule has 1 atom stereocenters. The van der Waals surface area contributed by atoms with E-state index in [-0.39, 0.29) is 6.42 Å². The van der Waals surface area contributed by atoms with Gasteiger partial charge >= 0.3 is 5.97 Å². The highest BCUT2D eigenvalue weighted by Crippen LogP contribution is 2.37. The molecule has 1 aromatic rings. The highest BCUT2D eigenvalue weighted by Gasteiger charge is 2.30. The average Bonchev–Trinajstić information content (AvgIpc) is 2.67. The van der Waals surface area contributed by atoms with E-state index in [1.165, 1.54) is 0 Å². The molecule has 1 heterocycles. The number of carbonyl (C=O) groups is 2. The fourth-order valence-corrected chi connectivity index (χ4v) is 1.74. The zero-order valence-electron chi connectivity index (χ0n) is 11.1. The number of rotatable bonds is 3. The molecule has 19 heavy (non-hydrogen) atoms. The third kappa shape index (κ3) is 3.24. The zero-order valence-corrected chi connectivity index (χ0v) is 11.1. The van der Waals surface area contributed by atoms with E-state index in [0.717, 1.165) is 0 Å². The first kappa shape index (κ1) is 13.4. The number of fused-ring (bicyclic) bond motifs is 1. The predicted molar refractivity (Wildman–Crippen MR) is 67.3 cm³/mol. The second-order valence-corrected chi connectivity index (χ2v) is 5.25. The minimum absolute atomic E-state index is 0.0236. The van der Waals surface area contributed by atoms with Crippen molar-refractivity contribution < 1.29 is 23.8 Å². The second-order valence-electron chi connectivity index (χ2n) is 5.25. The molecule has 1 aliphatic heterocycles. The van der Waals surface area contributed by atoms with Crippen LogP contribution in [0, 0.1) is 0 Å². The molecule has 1 aromatic carbocycles. The molecule has 0 spiro atoms. The maximum absolute atomic E-state index is 11.7. The Bertz CT molecular complexity index is 501. The average molecular weight is 264 g/mol. The standard InChI is InChI=1S/C14H16O5/c1-14(2,3)19-11(16)7-12-17-10-6-4-5-9(8-15)13(10)18-12/h4-6,8,12H,7H2,1-3H3. The van der Waals surface area contributed by atoms with Gasteiger partial charge in [0.25, 0.3) is 6.29 Å². The third-order valence-corrected chi connectivity index (χ3v) is 2.40. The van der Waals surface area contributed by atoms with Gasteiger partial charge in [0.2, 0.25) is 0 Å². The van der Waals surface area contributed by atoms with E-state index in [1.54, 1.807) is 39.0 Å². The molecule has 2 rings (SSSR count). The number of hydrogen-bond donors (Lipinski definition) is 0. The lowest BCUT2D eigenvalue weighted by Crippen LogP contribution is -2.29. The van der Waals surface area contributed by atoms with Crippen molar-refractivity contribution in [2.24, 2.45) is 0 Å². The van der Waals surface area contributed by atoms with E-state index in [1.807, 2.05) is 0 Å². The van der Waals surface area contributed by atoms with Gasteiger partial charge in [0.05, 0.1) is 5.56 Å². The number of ether oxygens (including phenoxy) is 3. The number of carbonyl (C=O) groups excluding carboxylic acids is 2. The van der Waals surface area contributed by atoms with Crippen molar-refractivity contribution in [1.82, 2.24) is 0 Å². The normalized spacial score (nSPS) is 17.1. The molecule has 1 aliphatic rings. The Morgan fingerprint density at radius 2 is 2.11 bits per heavy atom. The van der Waals surface area contributed by atoms with E-state index in [2.05, 4.69) is 0 Å². The summed E-state index contributed by atoms with van der Waals surface area (Å²) in [6, 6.07) is 5.02. The van der Waals surface area contributed by atoms with Gasteiger partial charge < -0.3 is 14.2 Å². The van der Waals surface area contributed by atoms with Crippen LogP contribution in [0.15, 0.2) is 18.2 Å². The van der Waals surface area contributed by atoms with Gasteiger partial charge in [-0.3, -0.25) is 9.59 Å². The van der Waals surface area contributed by atoms with Crippen LogP contribution in [-0.4, -0.2) is 24.1 Å². The molecule has 102 valence electrons. The van der Waals surface area contributed by atoms with Crippen molar-refractivity contribution in [2.45, 2.75) is 39.1 Å². The highest BCUT2D eigenvalue weighted by atomic mass is 16.7. The Morgan fingerprint density at radius 3 is 2.74 bits per heavy atom. The summed E-state index contributed by atoms with van der Waals surface area (Å²) in [6.07, 6.45) is -0.0755. The molecule has 0 saturated heterocycles. The molecule has 0 aliphatic carbocycles. The smallest absolute Gasteiger partial charge is 0.313 e. The number of benzene rings is 1. The number of esters is 1. The van der Waals surface area contributed by atoms with Gasteiger partial charge in [-0.15, -0.1) is 0 Å². The summed E-state index contributed by atoms with van der Waals surface area (Å²) >= 11 is 0. The van der Waals surface area contributed by atoms with Crippen LogP contribution >= 0.6 is 0 Å². The van der Waals surface area contributed by atoms with E-state index in [4.69, 9.17) is 14.2 Å². The molecule has 0 radical (unpaired) electrons. The van der Waals surface area contributed by atoms with Crippen LogP contribution in [0.2, 0.25) is 0 Å². The maximum atomic E-state index is 11.7. The lowest BCUT2D eigenvalue weighted by atomic mass is 10.2. The Hall–Kier alpha value is -2.04. The number of hydrogen-bond acceptors (Lipinski definition) is 5. The Kier molecular flexibility index (Phi) is 3.46. The van der Waals surface area contributed by atoms with Crippen molar-refractivity contribution in [2.75, 3.05) is 0 Å². The molecule has 0 amide bonds. The molecule has 5 nitrogen and oxygen atoms in total. The van der Waals surface area contributed by atoms with E-state index < -0.39 is 17.9 Å². The molecule has 0 bridgehead atoms. The Balaban J connectivity index is 2.01. The van der Waals surface area contributed by atoms with E-state index >= 15 is 0 Å². The molecular formula is C14H16O5. The quantitative estimate of drug-likeness (QED) is 0.619. The summed E-state index contributed by atoms with van der Waals surface area (Å²) in [6.45, 7) is 5.38. The topological polar surface area (TPSA) is 61.8 Å². The van der Waals surface area contributed by atoms with E-state index in [9.17, 15) is 9.59 Å². The van der Waals surface area contributed by atoms with Crippen LogP contribution in [0.25, 0.3) is 0 Å². The zero-order chi connectivity index (χ0) is 14.0. The van der Waals surface area contributed by atoms with Crippen molar-refractivity contribution in [3.05, 3.63) is 23.8 Å². The van der Waals surface area contributed by atoms with Crippen molar-refractivity contribution in [3.63, 3.8) is 0 Å². The fourth-order valence-electron chi connectivity index (χ4n) is 1.74. The molecule has 1 unspecified atom stereocenters. The lowest BCUT2D eigenvalue weighted by molar-refractivity contribution is -0.159. The minimum Gasteiger partial charge on any atom is -0.460 e. The molecule has 0 saturated carbocycles. The summed E-state index contributed by atoms with van der Waals surface area (Å²) < 4.78 is 16.1. The number of para-hydroxylation sites is 1. The summed E-state index contributed by atoms with van der Waals surface area (Å²) in [4.78, 5) is 22.5. The van der Waals surface area contributed by atoms with Crippen LogP contribution in [-0.2, 0) is 9.53 Å². The SMILES string of the molecule is CC(C)(C)OC(=O)CC1Oc2cccc(C=O)c2O1. The van der Waals surface area contributed by atoms with Crippen LogP contribution < -0.4 is 9.47 Å². The Morgan fingerprint density at radius 1 is 1.37 bits per heavy atom. The van der Waals surface area contributed by atoms with Gasteiger partial charge in [-0.2, -0.15) is 0 Å². The largest absolute Gasteiger partial charge is 0.460 e. The maximum Gasteiger partial charge on any atom is 0.313 e. The van der Waals surface area contributed by atoms with Crippen molar-refractivity contribution >= 4 is 12.3 Å². The van der Waals surface area contributed by atoms with Gasteiger partial charge in [0.15, 0.2) is 17.8 Å². The molecular weight excluding hydrogens is 248 g/mol. The first-order valence-corrected chi connectivity index (χ1v) is 6.02. The van der Waals surface area contributed by atoms with Gasteiger partial charge in [0.1, 0.15) is 12.0 Å². The molecule has 5 heteroatoms. The highest BCUT2D eigenvalue weighted by molar-refractivity contribution is 5.81. The fraction of sp³-hybridized carbons (Fsp3) is 0.429. The molecule has 0 N–H and O–H groups in total. The minimum atomic E-state index is -0.744. The second kappa shape index (κ2) is 4.91. The van der Waals surface area contributed by atoms with E-state index in [0.29, 0.717) is 23.3 Å². The van der Waals surface area contributed by atoms with Crippen LogP contribution in [0.5, 0.6) is 11.5 Å². The Labute approximate surface area is 111 Å². The summed E-state index contributed by atoms with van der Waals surface area (Å²) in [5.41, 5.74) is -0.138. The van der Waals surface area contributed by atoms with Crippen LogP contribution in [0.4, 0.5) is 0 Å². The lowest BCUT2D eigenvalue weighted by Gasteiger charge is -2.20. The monoisotopic (exact) mass is 264 g/mol. The summed E-state index contributed by atoms with van der Waals surface area (Å²) in [7, 11) is 0. The van der Waals surface area contributed by atoms with Gasteiger partial charge in [-0.25, -0.2) is 0 Å². The predicted octanol–water partition coefficient (Wildman–Crippen LogP) is 2.33. The van der Waals surface area contributed by atoms with Crippen LogP contribution in [0.3, 0.4) is 0 Å². The van der Waals surface area contributed by atoms with Crippen molar-refractivity contribution in [1.29, 1.82) is 0 Å². The molecule has 0 aromatic heterocycles. The summed E-state index contributed by atoms with van der Waals surface area (Å²) in [5.74, 6) is 0.446. The molecule has 0 fully saturated rings. The van der Waals surface area contributed by atoms with Gasteiger partial charge in [-0.05, 0) is 32.9 Å². The number of aldehydes is 1.